The lowest BCUT2D eigenvalue weighted by Gasteiger charge is -2.12. The van der Waals surface area contributed by atoms with Crippen LogP contribution in [0, 0.1) is 0 Å². The summed E-state index contributed by atoms with van der Waals surface area (Å²) in [5.41, 5.74) is 3.69. The summed E-state index contributed by atoms with van der Waals surface area (Å²) in [5.74, 6) is 1.65. The molecule has 0 saturated heterocycles. The number of ether oxygens (including phenoxy) is 2. The molecule has 0 unspecified atom stereocenters. The summed E-state index contributed by atoms with van der Waals surface area (Å²) in [6, 6.07) is 21.8. The number of methoxy groups -OCH3 is 2. The monoisotopic (exact) mass is 415 g/mol. The molecular weight excluding hydrogens is 394 g/mol. The smallest absolute Gasteiger partial charge is 0.323 e. The maximum absolute atomic E-state index is 12.4. The first-order valence-electron chi connectivity index (χ1n) is 9.57. The van der Waals surface area contributed by atoms with E-state index in [1.807, 2.05) is 42.5 Å². The molecule has 0 aliphatic rings. The number of anilines is 2. The molecule has 156 valence electrons. The number of carbonyl (C=O) groups is 1. The molecule has 3 aromatic carbocycles. The number of oxazole rings is 1. The molecule has 7 nitrogen and oxygen atoms in total. The van der Waals surface area contributed by atoms with Crippen molar-refractivity contribution in [1.29, 1.82) is 0 Å². The molecular formula is C24H21N3O4. The van der Waals surface area contributed by atoms with E-state index in [0.29, 0.717) is 28.8 Å². The quantitative estimate of drug-likeness (QED) is 0.424. The molecule has 0 atom stereocenters. The van der Waals surface area contributed by atoms with Crippen LogP contribution >= 0.6 is 0 Å². The van der Waals surface area contributed by atoms with Crippen LogP contribution in [0.5, 0.6) is 11.5 Å². The topological polar surface area (TPSA) is 85.6 Å². The highest BCUT2D eigenvalue weighted by Crippen LogP contribution is 2.29. The van der Waals surface area contributed by atoms with Crippen molar-refractivity contribution in [2.24, 2.45) is 0 Å². The number of aromatic nitrogens is 1. The van der Waals surface area contributed by atoms with Crippen LogP contribution in [0.2, 0.25) is 0 Å². The van der Waals surface area contributed by atoms with Crippen molar-refractivity contribution in [2.75, 3.05) is 24.9 Å². The van der Waals surface area contributed by atoms with Gasteiger partial charge in [0.15, 0.2) is 0 Å². The Morgan fingerprint density at radius 1 is 0.871 bits per heavy atom. The molecule has 0 bridgehead atoms. The third-order valence-electron chi connectivity index (χ3n) is 4.62. The summed E-state index contributed by atoms with van der Waals surface area (Å²) in [7, 11) is 3.10. The molecule has 0 saturated carbocycles. The fourth-order valence-corrected chi connectivity index (χ4v) is 3.04. The van der Waals surface area contributed by atoms with E-state index < -0.39 is 6.03 Å². The predicted octanol–water partition coefficient (Wildman–Crippen LogP) is 5.67. The number of hydrogen-bond acceptors (Lipinski definition) is 5. The molecule has 0 aliphatic heterocycles. The Kier molecular flexibility index (Phi) is 5.84. The number of rotatable bonds is 6. The van der Waals surface area contributed by atoms with Gasteiger partial charge in [-0.05, 0) is 36.4 Å². The second-order valence-corrected chi connectivity index (χ2v) is 6.63. The molecule has 1 heterocycles. The van der Waals surface area contributed by atoms with Gasteiger partial charge in [0.25, 0.3) is 0 Å². The van der Waals surface area contributed by atoms with Gasteiger partial charge in [0.2, 0.25) is 5.89 Å². The van der Waals surface area contributed by atoms with Crippen LogP contribution in [0.1, 0.15) is 0 Å². The Balaban J connectivity index is 1.43. The van der Waals surface area contributed by atoms with Gasteiger partial charge in [-0.15, -0.1) is 0 Å². The van der Waals surface area contributed by atoms with Crippen molar-refractivity contribution >= 4 is 17.4 Å². The van der Waals surface area contributed by atoms with Gasteiger partial charge in [0.05, 0.1) is 19.9 Å². The maximum Gasteiger partial charge on any atom is 0.323 e. The normalized spacial score (nSPS) is 10.4. The Morgan fingerprint density at radius 3 is 2.35 bits per heavy atom. The number of amides is 2. The summed E-state index contributed by atoms with van der Waals surface area (Å²) in [6.45, 7) is 0. The van der Waals surface area contributed by atoms with E-state index in [4.69, 9.17) is 13.9 Å². The molecule has 2 N–H and O–H groups in total. The second-order valence-electron chi connectivity index (χ2n) is 6.63. The standard InChI is InChI=1S/C24H21N3O4/c1-29-19-12-13-22(30-2)20(14-19)27-24(28)25-18-10-8-17(9-11-18)23-26-21(15-31-23)16-6-4-3-5-7-16/h3-15H,1-2H3,(H2,25,27,28). The minimum absolute atomic E-state index is 0.401. The Morgan fingerprint density at radius 2 is 1.65 bits per heavy atom. The van der Waals surface area contributed by atoms with E-state index in [0.717, 1.165) is 16.8 Å². The Bertz CT molecular complexity index is 1170. The molecule has 4 aromatic rings. The first-order chi connectivity index (χ1) is 15.2. The zero-order chi connectivity index (χ0) is 21.6. The van der Waals surface area contributed by atoms with E-state index in [1.54, 1.807) is 43.7 Å². The van der Waals surface area contributed by atoms with Crippen molar-refractivity contribution in [1.82, 2.24) is 4.98 Å². The van der Waals surface area contributed by atoms with Gasteiger partial charge in [0.1, 0.15) is 23.5 Å². The molecule has 4 rings (SSSR count). The van der Waals surface area contributed by atoms with Gasteiger partial charge >= 0.3 is 6.03 Å². The van der Waals surface area contributed by atoms with Gasteiger partial charge in [-0.1, -0.05) is 30.3 Å². The lowest BCUT2D eigenvalue weighted by Crippen LogP contribution is -2.19. The van der Waals surface area contributed by atoms with E-state index in [9.17, 15) is 4.79 Å². The molecule has 0 aliphatic carbocycles. The SMILES string of the molecule is COc1ccc(OC)c(NC(=O)Nc2ccc(-c3nc(-c4ccccc4)co3)cc2)c1. The highest BCUT2D eigenvalue weighted by atomic mass is 16.5. The van der Waals surface area contributed by atoms with Gasteiger partial charge in [-0.2, -0.15) is 0 Å². The van der Waals surface area contributed by atoms with Crippen molar-refractivity contribution in [3.05, 3.63) is 79.1 Å². The highest BCUT2D eigenvalue weighted by molar-refractivity contribution is 6.00. The summed E-state index contributed by atoms with van der Waals surface area (Å²) in [5, 5.41) is 5.56. The van der Waals surface area contributed by atoms with Crippen LogP contribution in [0.3, 0.4) is 0 Å². The summed E-state index contributed by atoms with van der Waals surface area (Å²) >= 11 is 0. The number of hydrogen-bond donors (Lipinski definition) is 2. The minimum atomic E-state index is -0.401. The Hall–Kier alpha value is -4.26. The van der Waals surface area contributed by atoms with Crippen LogP contribution in [-0.2, 0) is 0 Å². The average Bonchev–Trinajstić information content (AvgIpc) is 3.30. The van der Waals surface area contributed by atoms with Crippen LogP contribution < -0.4 is 20.1 Å². The van der Waals surface area contributed by atoms with Gasteiger partial charge in [-0.25, -0.2) is 9.78 Å². The summed E-state index contributed by atoms with van der Waals surface area (Å²) < 4.78 is 16.1. The van der Waals surface area contributed by atoms with Gasteiger partial charge in [0, 0.05) is 22.9 Å². The predicted molar refractivity (Wildman–Crippen MR) is 120 cm³/mol. The molecule has 0 fully saturated rings. The third kappa shape index (κ3) is 4.67. The van der Waals surface area contributed by atoms with Crippen LogP contribution in [-0.4, -0.2) is 25.2 Å². The van der Waals surface area contributed by atoms with Crippen molar-refractivity contribution in [3.8, 4) is 34.2 Å². The second kappa shape index (κ2) is 9.04. The number of urea groups is 1. The first kappa shape index (κ1) is 20.0. The lowest BCUT2D eigenvalue weighted by molar-refractivity contribution is 0.262. The van der Waals surface area contributed by atoms with Crippen molar-refractivity contribution < 1.29 is 18.7 Å². The Labute approximate surface area is 179 Å². The third-order valence-corrected chi connectivity index (χ3v) is 4.62. The van der Waals surface area contributed by atoms with Gasteiger partial charge < -0.3 is 24.5 Å². The minimum Gasteiger partial charge on any atom is -0.497 e. The van der Waals surface area contributed by atoms with Crippen LogP contribution in [0.4, 0.5) is 16.2 Å². The van der Waals surface area contributed by atoms with E-state index in [1.165, 1.54) is 7.11 Å². The molecule has 7 heteroatoms. The number of nitrogens with one attached hydrogen (secondary N) is 2. The van der Waals surface area contributed by atoms with E-state index in [-0.39, 0.29) is 0 Å². The van der Waals surface area contributed by atoms with E-state index in [2.05, 4.69) is 15.6 Å². The molecule has 0 radical (unpaired) electrons. The molecule has 2 amide bonds. The van der Waals surface area contributed by atoms with Crippen molar-refractivity contribution in [2.45, 2.75) is 0 Å². The number of nitrogens with zero attached hydrogens (tertiary/aromatic N) is 1. The molecule has 1 aromatic heterocycles. The first-order valence-corrected chi connectivity index (χ1v) is 9.57. The van der Waals surface area contributed by atoms with Crippen LogP contribution in [0.25, 0.3) is 22.7 Å². The number of benzene rings is 3. The number of carbonyl (C=O) groups excluding carboxylic acids is 1. The van der Waals surface area contributed by atoms with Crippen LogP contribution in [0.15, 0.2) is 83.5 Å². The van der Waals surface area contributed by atoms with Crippen molar-refractivity contribution in [3.63, 3.8) is 0 Å². The zero-order valence-corrected chi connectivity index (χ0v) is 17.1. The zero-order valence-electron chi connectivity index (χ0n) is 17.1. The van der Waals surface area contributed by atoms with Gasteiger partial charge in [-0.3, -0.25) is 0 Å². The summed E-state index contributed by atoms with van der Waals surface area (Å²) in [6.07, 6.45) is 1.63. The molecule has 0 spiro atoms. The largest absolute Gasteiger partial charge is 0.497 e. The average molecular weight is 415 g/mol. The fourth-order valence-electron chi connectivity index (χ4n) is 3.04. The highest BCUT2D eigenvalue weighted by Gasteiger charge is 2.11. The molecule has 31 heavy (non-hydrogen) atoms. The fraction of sp³-hybridized carbons (Fsp3) is 0.0833. The summed E-state index contributed by atoms with van der Waals surface area (Å²) in [4.78, 5) is 17.0. The van der Waals surface area contributed by atoms with E-state index >= 15 is 0 Å². The lowest BCUT2D eigenvalue weighted by atomic mass is 10.2. The maximum atomic E-state index is 12.4.